The molecule has 7 heteroatoms. The highest BCUT2D eigenvalue weighted by molar-refractivity contribution is 9.10. The van der Waals surface area contributed by atoms with E-state index in [9.17, 15) is 12.8 Å². The minimum atomic E-state index is -3.53. The first kappa shape index (κ1) is 17.4. The van der Waals surface area contributed by atoms with Gasteiger partial charge in [-0.1, -0.05) is 28.1 Å². The number of aryl methyl sites for hydroxylation is 1. The summed E-state index contributed by atoms with van der Waals surface area (Å²) in [6, 6.07) is 11.7. The SMILES string of the molecule is Cc1cc(Br)ccc1S(=O)(=O)N1CCN(c2ccccc2F)CC1. The second-order valence-electron chi connectivity index (χ2n) is 5.75. The van der Waals surface area contributed by atoms with Crippen LogP contribution in [0.2, 0.25) is 0 Å². The largest absolute Gasteiger partial charge is 0.367 e. The normalized spacial score (nSPS) is 16.4. The van der Waals surface area contributed by atoms with E-state index in [1.807, 2.05) is 4.90 Å². The highest BCUT2D eigenvalue weighted by Crippen LogP contribution is 2.26. The average molecular weight is 413 g/mol. The molecule has 0 aliphatic carbocycles. The number of anilines is 1. The predicted molar refractivity (Wildman–Crippen MR) is 96.3 cm³/mol. The van der Waals surface area contributed by atoms with Crippen molar-refractivity contribution in [3.63, 3.8) is 0 Å². The van der Waals surface area contributed by atoms with Gasteiger partial charge in [0.15, 0.2) is 0 Å². The summed E-state index contributed by atoms with van der Waals surface area (Å²) in [4.78, 5) is 2.21. The molecule has 0 saturated carbocycles. The molecule has 2 aromatic carbocycles. The van der Waals surface area contributed by atoms with Crippen LogP contribution in [0.1, 0.15) is 5.56 Å². The van der Waals surface area contributed by atoms with E-state index in [1.54, 1.807) is 43.3 Å². The van der Waals surface area contributed by atoms with E-state index in [4.69, 9.17) is 0 Å². The van der Waals surface area contributed by atoms with Crippen LogP contribution in [0.15, 0.2) is 51.8 Å². The Kier molecular flexibility index (Phi) is 4.94. The Morgan fingerprint density at radius 1 is 1.04 bits per heavy atom. The van der Waals surface area contributed by atoms with Crippen molar-refractivity contribution in [2.45, 2.75) is 11.8 Å². The van der Waals surface area contributed by atoms with Gasteiger partial charge in [-0.15, -0.1) is 0 Å². The van der Waals surface area contributed by atoms with Gasteiger partial charge in [-0.3, -0.25) is 0 Å². The molecule has 2 aromatic rings. The van der Waals surface area contributed by atoms with E-state index in [2.05, 4.69) is 15.9 Å². The fourth-order valence-corrected chi connectivity index (χ4v) is 5.02. The average Bonchev–Trinajstić information content (AvgIpc) is 2.55. The van der Waals surface area contributed by atoms with E-state index in [1.165, 1.54) is 10.4 Å². The minimum absolute atomic E-state index is 0.280. The summed E-state index contributed by atoms with van der Waals surface area (Å²) in [6.45, 7) is 3.40. The highest BCUT2D eigenvalue weighted by Gasteiger charge is 2.30. The van der Waals surface area contributed by atoms with Crippen LogP contribution in [-0.4, -0.2) is 38.9 Å². The summed E-state index contributed by atoms with van der Waals surface area (Å²) in [7, 11) is -3.53. The number of nitrogens with zero attached hydrogens (tertiary/aromatic N) is 2. The first-order chi connectivity index (χ1) is 11.4. The van der Waals surface area contributed by atoms with Gasteiger partial charge in [0.25, 0.3) is 0 Å². The van der Waals surface area contributed by atoms with Gasteiger partial charge in [-0.05, 0) is 42.8 Å². The lowest BCUT2D eigenvalue weighted by atomic mass is 10.2. The molecule has 0 radical (unpaired) electrons. The Balaban J connectivity index is 1.78. The Morgan fingerprint density at radius 3 is 2.33 bits per heavy atom. The van der Waals surface area contributed by atoms with Crippen LogP contribution in [0.5, 0.6) is 0 Å². The van der Waals surface area contributed by atoms with Gasteiger partial charge in [0.2, 0.25) is 10.0 Å². The third-order valence-electron chi connectivity index (χ3n) is 4.19. The number of piperazine rings is 1. The molecule has 1 saturated heterocycles. The Morgan fingerprint density at radius 2 is 1.71 bits per heavy atom. The smallest absolute Gasteiger partial charge is 0.243 e. The molecule has 1 fully saturated rings. The molecular weight excluding hydrogens is 395 g/mol. The van der Waals surface area contributed by atoms with Gasteiger partial charge < -0.3 is 4.90 Å². The number of rotatable bonds is 3. The van der Waals surface area contributed by atoms with Crippen LogP contribution in [0.4, 0.5) is 10.1 Å². The Labute approximate surface area is 150 Å². The molecule has 128 valence electrons. The second kappa shape index (κ2) is 6.82. The van der Waals surface area contributed by atoms with Crippen LogP contribution >= 0.6 is 15.9 Å². The molecule has 0 bridgehead atoms. The van der Waals surface area contributed by atoms with Crippen molar-refractivity contribution in [3.8, 4) is 0 Å². The van der Waals surface area contributed by atoms with Gasteiger partial charge >= 0.3 is 0 Å². The van der Waals surface area contributed by atoms with Crippen molar-refractivity contribution in [3.05, 3.63) is 58.3 Å². The summed E-state index contributed by atoms with van der Waals surface area (Å²) in [5.41, 5.74) is 1.23. The molecule has 0 spiro atoms. The van der Waals surface area contributed by atoms with E-state index >= 15 is 0 Å². The van der Waals surface area contributed by atoms with E-state index in [0.717, 1.165) is 4.47 Å². The predicted octanol–water partition coefficient (Wildman–Crippen LogP) is 3.41. The lowest BCUT2D eigenvalue weighted by molar-refractivity contribution is 0.383. The lowest BCUT2D eigenvalue weighted by Gasteiger charge is -2.35. The maximum Gasteiger partial charge on any atom is 0.243 e. The number of sulfonamides is 1. The van der Waals surface area contributed by atoms with Crippen LogP contribution in [0.25, 0.3) is 0 Å². The third kappa shape index (κ3) is 3.34. The number of para-hydroxylation sites is 1. The summed E-state index contributed by atoms with van der Waals surface area (Å²) in [6.07, 6.45) is 0. The Bertz CT molecular complexity index is 849. The van der Waals surface area contributed by atoms with Crippen molar-refractivity contribution in [1.82, 2.24) is 4.31 Å². The van der Waals surface area contributed by atoms with Crippen molar-refractivity contribution < 1.29 is 12.8 Å². The van der Waals surface area contributed by atoms with Gasteiger partial charge in [0.05, 0.1) is 10.6 Å². The number of benzene rings is 2. The van der Waals surface area contributed by atoms with Crippen molar-refractivity contribution >= 4 is 31.6 Å². The maximum absolute atomic E-state index is 13.9. The maximum atomic E-state index is 13.9. The number of halogens is 2. The van der Waals surface area contributed by atoms with Gasteiger partial charge in [0, 0.05) is 30.7 Å². The summed E-state index contributed by atoms with van der Waals surface area (Å²) in [5.74, 6) is -0.280. The van der Waals surface area contributed by atoms with Crippen molar-refractivity contribution in [2.75, 3.05) is 31.1 Å². The van der Waals surface area contributed by atoms with Crippen molar-refractivity contribution in [1.29, 1.82) is 0 Å². The van der Waals surface area contributed by atoms with E-state index < -0.39 is 10.0 Å². The van der Waals surface area contributed by atoms with Crippen LogP contribution in [-0.2, 0) is 10.0 Å². The molecular formula is C17H18BrFN2O2S. The second-order valence-corrected chi connectivity index (χ2v) is 8.57. The standard InChI is InChI=1S/C17H18BrFN2O2S/c1-13-12-14(18)6-7-17(13)24(22,23)21-10-8-20(9-11-21)16-5-3-2-4-15(16)19/h2-7,12H,8-11H2,1H3. The topological polar surface area (TPSA) is 40.6 Å². The van der Waals surface area contributed by atoms with Crippen LogP contribution < -0.4 is 4.90 Å². The third-order valence-corrected chi connectivity index (χ3v) is 6.74. The van der Waals surface area contributed by atoms with Crippen molar-refractivity contribution in [2.24, 2.45) is 0 Å². The minimum Gasteiger partial charge on any atom is -0.367 e. The van der Waals surface area contributed by atoms with Gasteiger partial charge in [0.1, 0.15) is 5.82 Å². The quantitative estimate of drug-likeness (QED) is 0.775. The molecule has 4 nitrogen and oxygen atoms in total. The summed E-state index contributed by atoms with van der Waals surface area (Å²) >= 11 is 3.35. The molecule has 3 rings (SSSR count). The van der Waals surface area contributed by atoms with E-state index in [-0.39, 0.29) is 5.82 Å². The number of hydrogen-bond donors (Lipinski definition) is 0. The monoisotopic (exact) mass is 412 g/mol. The van der Waals surface area contributed by atoms with Gasteiger partial charge in [-0.25, -0.2) is 12.8 Å². The van der Waals surface area contributed by atoms with Crippen LogP contribution in [0.3, 0.4) is 0 Å². The first-order valence-electron chi connectivity index (χ1n) is 7.65. The molecule has 24 heavy (non-hydrogen) atoms. The fourth-order valence-electron chi connectivity index (χ4n) is 2.92. The zero-order valence-electron chi connectivity index (χ0n) is 13.2. The zero-order chi connectivity index (χ0) is 17.3. The number of hydrogen-bond acceptors (Lipinski definition) is 3. The van der Waals surface area contributed by atoms with Crippen LogP contribution in [0, 0.1) is 12.7 Å². The van der Waals surface area contributed by atoms with Gasteiger partial charge in [-0.2, -0.15) is 4.31 Å². The van der Waals surface area contributed by atoms with E-state index in [0.29, 0.717) is 42.3 Å². The molecule has 0 atom stereocenters. The molecule has 1 aliphatic rings. The first-order valence-corrected chi connectivity index (χ1v) is 9.88. The zero-order valence-corrected chi connectivity index (χ0v) is 15.6. The highest BCUT2D eigenvalue weighted by atomic mass is 79.9. The summed E-state index contributed by atoms with van der Waals surface area (Å²) < 4.78 is 41.9. The molecule has 0 aromatic heterocycles. The Hall–Kier alpha value is -1.44. The fraction of sp³-hybridized carbons (Fsp3) is 0.294. The molecule has 0 unspecified atom stereocenters. The molecule has 1 heterocycles. The molecule has 0 amide bonds. The lowest BCUT2D eigenvalue weighted by Crippen LogP contribution is -2.49. The summed E-state index contributed by atoms with van der Waals surface area (Å²) in [5, 5.41) is 0. The molecule has 1 aliphatic heterocycles. The molecule has 0 N–H and O–H groups in total.